The standard InChI is InChI=1S/C25H30N2O5S/c28-24(18-32-21-8-2-1-3-9-21)27-15-13-19(14-16-27)25(29)26-20-7-6-12-23(17-20)33(30,31)22-10-4-5-11-22/h1-3,6-9,12,17,19,22H,4-5,10-11,13-16,18H2,(H,26,29). The largest absolute Gasteiger partial charge is 0.484 e. The van der Waals surface area contributed by atoms with E-state index < -0.39 is 9.84 Å². The van der Waals surface area contributed by atoms with Crippen LogP contribution < -0.4 is 10.1 Å². The second kappa shape index (κ2) is 10.4. The summed E-state index contributed by atoms with van der Waals surface area (Å²) in [6.45, 7) is 0.958. The number of likely N-dealkylation sites (tertiary alicyclic amines) is 1. The van der Waals surface area contributed by atoms with Crippen molar-refractivity contribution in [3.05, 3.63) is 54.6 Å². The maximum Gasteiger partial charge on any atom is 0.260 e. The second-order valence-electron chi connectivity index (χ2n) is 8.73. The number of amides is 2. The number of nitrogens with one attached hydrogen (secondary N) is 1. The van der Waals surface area contributed by atoms with Crippen LogP contribution in [-0.4, -0.2) is 50.1 Å². The van der Waals surface area contributed by atoms with Gasteiger partial charge >= 0.3 is 0 Å². The number of hydrogen-bond donors (Lipinski definition) is 1. The molecule has 176 valence electrons. The Kier molecular flexibility index (Phi) is 7.33. The molecule has 2 fully saturated rings. The topological polar surface area (TPSA) is 92.8 Å². The minimum absolute atomic E-state index is 0.0247. The van der Waals surface area contributed by atoms with Gasteiger partial charge in [-0.25, -0.2) is 8.42 Å². The van der Waals surface area contributed by atoms with Crippen LogP contribution in [0.25, 0.3) is 0 Å². The first-order valence-corrected chi connectivity index (χ1v) is 13.1. The van der Waals surface area contributed by atoms with E-state index in [9.17, 15) is 18.0 Å². The number of ether oxygens (including phenoxy) is 1. The van der Waals surface area contributed by atoms with E-state index in [4.69, 9.17) is 4.74 Å². The van der Waals surface area contributed by atoms with E-state index >= 15 is 0 Å². The van der Waals surface area contributed by atoms with E-state index in [0.29, 0.717) is 50.2 Å². The number of nitrogens with zero attached hydrogens (tertiary/aromatic N) is 1. The average Bonchev–Trinajstić information content (AvgIpc) is 3.39. The van der Waals surface area contributed by atoms with Crippen LogP contribution in [0.1, 0.15) is 38.5 Å². The highest BCUT2D eigenvalue weighted by Gasteiger charge is 2.31. The lowest BCUT2D eigenvalue weighted by Gasteiger charge is -2.31. The third kappa shape index (κ3) is 5.74. The Morgan fingerprint density at radius 3 is 2.33 bits per heavy atom. The van der Waals surface area contributed by atoms with Crippen molar-refractivity contribution in [2.45, 2.75) is 48.7 Å². The molecule has 1 heterocycles. The Labute approximate surface area is 195 Å². The first kappa shape index (κ1) is 23.3. The van der Waals surface area contributed by atoms with Gasteiger partial charge in [0.2, 0.25) is 5.91 Å². The molecule has 7 nitrogen and oxygen atoms in total. The Morgan fingerprint density at radius 1 is 0.939 bits per heavy atom. The average molecular weight is 471 g/mol. The monoisotopic (exact) mass is 470 g/mol. The van der Waals surface area contributed by atoms with E-state index in [2.05, 4.69) is 5.32 Å². The molecule has 1 saturated carbocycles. The van der Waals surface area contributed by atoms with Gasteiger partial charge in [-0.05, 0) is 56.0 Å². The lowest BCUT2D eigenvalue weighted by Crippen LogP contribution is -2.43. The Morgan fingerprint density at radius 2 is 1.64 bits per heavy atom. The molecule has 0 bridgehead atoms. The van der Waals surface area contributed by atoms with Gasteiger partial charge in [0, 0.05) is 24.7 Å². The maximum atomic E-state index is 12.9. The number of piperidine rings is 1. The summed E-state index contributed by atoms with van der Waals surface area (Å²) < 4.78 is 31.2. The van der Waals surface area contributed by atoms with Crippen LogP contribution in [0.5, 0.6) is 5.75 Å². The van der Waals surface area contributed by atoms with Gasteiger partial charge < -0.3 is 15.0 Å². The summed E-state index contributed by atoms with van der Waals surface area (Å²) in [5, 5.41) is 2.55. The summed E-state index contributed by atoms with van der Waals surface area (Å²) in [7, 11) is -3.37. The van der Waals surface area contributed by atoms with Gasteiger partial charge in [-0.1, -0.05) is 37.1 Å². The molecule has 0 aromatic heterocycles. The van der Waals surface area contributed by atoms with Crippen molar-refractivity contribution in [2.75, 3.05) is 25.0 Å². The van der Waals surface area contributed by atoms with Gasteiger partial charge in [0.25, 0.3) is 5.91 Å². The van der Waals surface area contributed by atoms with Crippen molar-refractivity contribution in [3.63, 3.8) is 0 Å². The number of rotatable bonds is 7. The zero-order chi connectivity index (χ0) is 23.3. The van der Waals surface area contributed by atoms with E-state index in [1.165, 1.54) is 0 Å². The smallest absolute Gasteiger partial charge is 0.260 e. The Bertz CT molecular complexity index is 1070. The molecule has 8 heteroatoms. The number of carbonyl (C=O) groups excluding carboxylic acids is 2. The lowest BCUT2D eigenvalue weighted by molar-refractivity contribution is -0.136. The zero-order valence-electron chi connectivity index (χ0n) is 18.6. The van der Waals surface area contributed by atoms with Crippen LogP contribution in [0.15, 0.2) is 59.5 Å². The van der Waals surface area contributed by atoms with Crippen molar-refractivity contribution in [1.29, 1.82) is 0 Å². The highest BCUT2D eigenvalue weighted by atomic mass is 32.2. The summed E-state index contributed by atoms with van der Waals surface area (Å²) in [5.74, 6) is 0.192. The van der Waals surface area contributed by atoms with Gasteiger partial charge in [-0.3, -0.25) is 9.59 Å². The predicted octanol–water partition coefficient (Wildman–Crippen LogP) is 3.66. The predicted molar refractivity (Wildman–Crippen MR) is 126 cm³/mol. The highest BCUT2D eigenvalue weighted by Crippen LogP contribution is 2.30. The van der Waals surface area contributed by atoms with Crippen molar-refractivity contribution in [1.82, 2.24) is 4.90 Å². The molecule has 1 aliphatic carbocycles. The van der Waals surface area contributed by atoms with E-state index in [-0.39, 0.29) is 34.5 Å². The quantitative estimate of drug-likeness (QED) is 0.667. The molecule has 4 rings (SSSR count). The number of para-hydroxylation sites is 1. The molecule has 0 atom stereocenters. The number of sulfone groups is 1. The molecule has 0 unspecified atom stereocenters. The fraction of sp³-hybridized carbons (Fsp3) is 0.440. The third-order valence-corrected chi connectivity index (χ3v) is 8.76. The van der Waals surface area contributed by atoms with Crippen molar-refractivity contribution in [3.8, 4) is 5.75 Å². The number of carbonyl (C=O) groups is 2. The lowest BCUT2D eigenvalue weighted by atomic mass is 9.95. The van der Waals surface area contributed by atoms with Gasteiger partial charge in [0.05, 0.1) is 10.1 Å². The molecule has 2 aromatic rings. The SMILES string of the molecule is O=C(Nc1cccc(S(=O)(=O)C2CCCC2)c1)C1CCN(C(=O)COc2ccccc2)CC1. The molecule has 0 radical (unpaired) electrons. The van der Waals surface area contributed by atoms with Crippen molar-refractivity contribution >= 4 is 27.3 Å². The summed E-state index contributed by atoms with van der Waals surface area (Å²) >= 11 is 0. The summed E-state index contributed by atoms with van der Waals surface area (Å²) in [6.07, 6.45) is 4.41. The minimum Gasteiger partial charge on any atom is -0.484 e. The molecule has 1 N–H and O–H groups in total. The van der Waals surface area contributed by atoms with Crippen LogP contribution in [0.3, 0.4) is 0 Å². The van der Waals surface area contributed by atoms with E-state index in [1.54, 1.807) is 41.3 Å². The Hall–Kier alpha value is -2.87. The van der Waals surface area contributed by atoms with E-state index in [0.717, 1.165) is 12.8 Å². The van der Waals surface area contributed by atoms with Gasteiger partial charge in [0.1, 0.15) is 5.75 Å². The molecular formula is C25H30N2O5S. The summed E-state index contributed by atoms with van der Waals surface area (Å²) in [4.78, 5) is 27.2. The van der Waals surface area contributed by atoms with Gasteiger partial charge in [-0.15, -0.1) is 0 Å². The van der Waals surface area contributed by atoms with Crippen LogP contribution in [-0.2, 0) is 19.4 Å². The van der Waals surface area contributed by atoms with Gasteiger partial charge in [0.15, 0.2) is 16.4 Å². The summed E-state index contributed by atoms with van der Waals surface area (Å²) in [5.41, 5.74) is 0.494. The van der Waals surface area contributed by atoms with Crippen LogP contribution in [0.4, 0.5) is 5.69 Å². The highest BCUT2D eigenvalue weighted by molar-refractivity contribution is 7.92. The van der Waals surface area contributed by atoms with Crippen molar-refractivity contribution < 1.29 is 22.7 Å². The van der Waals surface area contributed by atoms with E-state index in [1.807, 2.05) is 18.2 Å². The molecule has 2 aromatic carbocycles. The van der Waals surface area contributed by atoms with Gasteiger partial charge in [-0.2, -0.15) is 0 Å². The Balaban J connectivity index is 1.28. The molecule has 2 aliphatic rings. The fourth-order valence-corrected chi connectivity index (χ4v) is 6.43. The number of hydrogen-bond acceptors (Lipinski definition) is 5. The maximum absolute atomic E-state index is 12.9. The molecule has 1 aliphatic heterocycles. The summed E-state index contributed by atoms with van der Waals surface area (Å²) in [6, 6.07) is 15.7. The first-order valence-electron chi connectivity index (χ1n) is 11.5. The van der Waals surface area contributed by atoms with Crippen LogP contribution >= 0.6 is 0 Å². The second-order valence-corrected chi connectivity index (χ2v) is 11.0. The molecule has 33 heavy (non-hydrogen) atoms. The molecule has 0 spiro atoms. The third-order valence-electron chi connectivity index (χ3n) is 6.50. The van der Waals surface area contributed by atoms with Crippen LogP contribution in [0.2, 0.25) is 0 Å². The first-order chi connectivity index (χ1) is 15.9. The molecular weight excluding hydrogens is 440 g/mol. The zero-order valence-corrected chi connectivity index (χ0v) is 19.4. The number of anilines is 1. The van der Waals surface area contributed by atoms with Crippen LogP contribution in [0, 0.1) is 5.92 Å². The molecule has 2 amide bonds. The fourth-order valence-electron chi connectivity index (χ4n) is 4.53. The molecule has 1 saturated heterocycles. The number of benzene rings is 2. The normalized spacial score (nSPS) is 17.6. The minimum atomic E-state index is -3.37. The van der Waals surface area contributed by atoms with Crippen molar-refractivity contribution in [2.24, 2.45) is 5.92 Å².